The third-order valence-corrected chi connectivity index (χ3v) is 2.04. The van der Waals surface area contributed by atoms with Crippen molar-refractivity contribution in [2.75, 3.05) is 20.3 Å². The van der Waals surface area contributed by atoms with Crippen LogP contribution in [-0.2, 0) is 4.74 Å². The molecule has 0 saturated carbocycles. The Morgan fingerprint density at radius 2 is 2.27 bits per heavy atom. The Morgan fingerprint density at radius 1 is 1.53 bits per heavy atom. The van der Waals surface area contributed by atoms with Gasteiger partial charge in [0.05, 0.1) is 13.2 Å². The summed E-state index contributed by atoms with van der Waals surface area (Å²) in [5.41, 5.74) is 8.76. The van der Waals surface area contributed by atoms with E-state index in [1.54, 1.807) is 13.3 Å². The topological polar surface area (TPSA) is 60.5 Å². The number of hydrogen-bond acceptors (Lipinski definition) is 3. The molecule has 4 nitrogen and oxygen atoms in total. The van der Waals surface area contributed by atoms with Crippen molar-refractivity contribution >= 4 is 5.84 Å². The van der Waals surface area contributed by atoms with E-state index < -0.39 is 0 Å². The number of hydrogen-bond donors (Lipinski definition) is 1. The summed E-state index contributed by atoms with van der Waals surface area (Å²) in [6.07, 6.45) is 1.79. The third kappa shape index (κ3) is 3.32. The fraction of sp³-hybridized carbons (Fsp3) is 0.455. The standard InChI is InChI=1S/C11H17N3O/c1-8-6-9(2)10(14-7-8)11(12)13-4-5-15-3/h6-7H,4-5H2,1-3H3,(H2,12,13). The van der Waals surface area contributed by atoms with Gasteiger partial charge in [-0.25, -0.2) is 0 Å². The van der Waals surface area contributed by atoms with Gasteiger partial charge in [-0.05, 0) is 25.0 Å². The molecular weight excluding hydrogens is 190 g/mol. The number of nitrogens with zero attached hydrogens (tertiary/aromatic N) is 2. The highest BCUT2D eigenvalue weighted by Gasteiger charge is 2.03. The highest BCUT2D eigenvalue weighted by atomic mass is 16.5. The summed E-state index contributed by atoms with van der Waals surface area (Å²) in [6.45, 7) is 5.12. The van der Waals surface area contributed by atoms with E-state index in [1.807, 2.05) is 19.9 Å². The largest absolute Gasteiger partial charge is 0.383 e. The van der Waals surface area contributed by atoms with Gasteiger partial charge in [-0.1, -0.05) is 6.07 Å². The molecule has 0 spiro atoms. The Kier molecular flexibility index (Phi) is 4.24. The maximum atomic E-state index is 5.82. The Hall–Kier alpha value is -1.42. The smallest absolute Gasteiger partial charge is 0.144 e. The van der Waals surface area contributed by atoms with E-state index in [1.165, 1.54) is 0 Å². The molecule has 82 valence electrons. The first-order valence-corrected chi connectivity index (χ1v) is 4.87. The molecule has 0 radical (unpaired) electrons. The molecule has 15 heavy (non-hydrogen) atoms. The van der Waals surface area contributed by atoms with E-state index >= 15 is 0 Å². The average molecular weight is 207 g/mol. The average Bonchev–Trinajstić information content (AvgIpc) is 2.17. The molecule has 0 bridgehead atoms. The molecule has 0 saturated heterocycles. The molecule has 1 aromatic heterocycles. The summed E-state index contributed by atoms with van der Waals surface area (Å²) in [7, 11) is 1.64. The maximum absolute atomic E-state index is 5.82. The van der Waals surface area contributed by atoms with Crippen molar-refractivity contribution in [2.45, 2.75) is 13.8 Å². The first kappa shape index (κ1) is 11.7. The van der Waals surface area contributed by atoms with Gasteiger partial charge in [0.2, 0.25) is 0 Å². The predicted molar refractivity (Wildman–Crippen MR) is 61.2 cm³/mol. The minimum Gasteiger partial charge on any atom is -0.383 e. The molecule has 0 aliphatic heterocycles. The molecule has 0 aliphatic carbocycles. The number of ether oxygens (including phenoxy) is 1. The fourth-order valence-corrected chi connectivity index (χ4v) is 1.32. The van der Waals surface area contributed by atoms with E-state index in [2.05, 4.69) is 9.98 Å². The molecule has 4 heteroatoms. The molecule has 0 fully saturated rings. The summed E-state index contributed by atoms with van der Waals surface area (Å²) < 4.78 is 4.89. The van der Waals surface area contributed by atoms with Crippen LogP contribution in [0.25, 0.3) is 0 Å². The number of rotatable bonds is 4. The normalized spacial score (nSPS) is 11.8. The van der Waals surface area contributed by atoms with Gasteiger partial charge in [0.25, 0.3) is 0 Å². The number of amidine groups is 1. The van der Waals surface area contributed by atoms with E-state index in [4.69, 9.17) is 10.5 Å². The second-order valence-corrected chi connectivity index (χ2v) is 3.44. The van der Waals surface area contributed by atoms with Crippen LogP contribution in [0.4, 0.5) is 0 Å². The highest BCUT2D eigenvalue weighted by molar-refractivity contribution is 5.96. The summed E-state index contributed by atoms with van der Waals surface area (Å²) in [5.74, 6) is 0.476. The van der Waals surface area contributed by atoms with Crippen LogP contribution in [0.15, 0.2) is 17.3 Å². The van der Waals surface area contributed by atoms with Crippen LogP contribution in [-0.4, -0.2) is 31.1 Å². The first-order chi connectivity index (χ1) is 7.15. The zero-order chi connectivity index (χ0) is 11.3. The van der Waals surface area contributed by atoms with Crippen molar-refractivity contribution in [2.24, 2.45) is 10.7 Å². The lowest BCUT2D eigenvalue weighted by Crippen LogP contribution is -2.18. The van der Waals surface area contributed by atoms with Crippen LogP contribution in [0.5, 0.6) is 0 Å². The molecular formula is C11H17N3O. The van der Waals surface area contributed by atoms with Crippen LogP contribution in [0.1, 0.15) is 16.8 Å². The molecule has 0 unspecified atom stereocenters. The lowest BCUT2D eigenvalue weighted by Gasteiger charge is -2.05. The number of pyridine rings is 1. The molecule has 1 aromatic rings. The molecule has 0 aliphatic rings. The molecule has 0 atom stereocenters. The van der Waals surface area contributed by atoms with Crippen molar-refractivity contribution in [1.29, 1.82) is 0 Å². The Bertz CT molecular complexity index is 361. The van der Waals surface area contributed by atoms with Gasteiger partial charge < -0.3 is 10.5 Å². The number of aliphatic imine (C=N–C) groups is 1. The van der Waals surface area contributed by atoms with Gasteiger partial charge in [-0.2, -0.15) is 0 Å². The second-order valence-electron chi connectivity index (χ2n) is 3.44. The lowest BCUT2D eigenvalue weighted by molar-refractivity contribution is 0.208. The fourth-order valence-electron chi connectivity index (χ4n) is 1.32. The summed E-state index contributed by atoms with van der Waals surface area (Å²) in [5, 5.41) is 0. The minimum atomic E-state index is 0.476. The van der Waals surface area contributed by atoms with E-state index in [-0.39, 0.29) is 0 Å². The Morgan fingerprint density at radius 3 is 2.87 bits per heavy atom. The molecule has 1 heterocycles. The maximum Gasteiger partial charge on any atom is 0.144 e. The van der Waals surface area contributed by atoms with Crippen LogP contribution < -0.4 is 5.73 Å². The second kappa shape index (κ2) is 5.46. The van der Waals surface area contributed by atoms with Crippen LogP contribution >= 0.6 is 0 Å². The van der Waals surface area contributed by atoms with Gasteiger partial charge in [0, 0.05) is 13.3 Å². The third-order valence-electron chi connectivity index (χ3n) is 2.04. The highest BCUT2D eigenvalue weighted by Crippen LogP contribution is 2.06. The monoisotopic (exact) mass is 207 g/mol. The van der Waals surface area contributed by atoms with Gasteiger partial charge in [-0.15, -0.1) is 0 Å². The summed E-state index contributed by atoms with van der Waals surface area (Å²) >= 11 is 0. The predicted octanol–water partition coefficient (Wildman–Crippen LogP) is 1.05. The van der Waals surface area contributed by atoms with Crippen molar-refractivity contribution in [3.63, 3.8) is 0 Å². The van der Waals surface area contributed by atoms with Gasteiger partial charge in [0.15, 0.2) is 0 Å². The van der Waals surface area contributed by atoms with Crippen molar-refractivity contribution in [1.82, 2.24) is 4.98 Å². The first-order valence-electron chi connectivity index (χ1n) is 4.87. The van der Waals surface area contributed by atoms with E-state index in [0.29, 0.717) is 19.0 Å². The zero-order valence-electron chi connectivity index (χ0n) is 9.45. The summed E-state index contributed by atoms with van der Waals surface area (Å²) in [4.78, 5) is 8.44. The van der Waals surface area contributed by atoms with Crippen LogP contribution in [0.3, 0.4) is 0 Å². The molecule has 0 amide bonds. The number of aryl methyl sites for hydroxylation is 2. The van der Waals surface area contributed by atoms with Gasteiger partial charge >= 0.3 is 0 Å². The van der Waals surface area contributed by atoms with Crippen LogP contribution in [0.2, 0.25) is 0 Å². The quantitative estimate of drug-likeness (QED) is 0.456. The SMILES string of the molecule is COCCN=C(N)c1ncc(C)cc1C. The zero-order valence-corrected chi connectivity index (χ0v) is 9.45. The molecule has 2 N–H and O–H groups in total. The van der Waals surface area contributed by atoms with Gasteiger partial charge in [-0.3, -0.25) is 9.98 Å². The van der Waals surface area contributed by atoms with Crippen molar-refractivity contribution < 1.29 is 4.74 Å². The minimum absolute atomic E-state index is 0.476. The van der Waals surface area contributed by atoms with Crippen LogP contribution in [0, 0.1) is 13.8 Å². The molecule has 0 aromatic carbocycles. The summed E-state index contributed by atoms with van der Waals surface area (Å²) in [6, 6.07) is 2.04. The van der Waals surface area contributed by atoms with Gasteiger partial charge in [0.1, 0.15) is 11.5 Å². The molecule has 1 rings (SSSR count). The number of aromatic nitrogens is 1. The Balaban J connectivity index is 2.81. The van der Waals surface area contributed by atoms with Crippen molar-refractivity contribution in [3.8, 4) is 0 Å². The number of methoxy groups -OCH3 is 1. The lowest BCUT2D eigenvalue weighted by atomic mass is 10.1. The van der Waals surface area contributed by atoms with Crippen molar-refractivity contribution in [3.05, 3.63) is 29.1 Å². The Labute approximate surface area is 90.2 Å². The number of nitrogens with two attached hydrogens (primary N) is 1. The van der Waals surface area contributed by atoms with E-state index in [0.717, 1.165) is 16.8 Å². The van der Waals surface area contributed by atoms with E-state index in [9.17, 15) is 0 Å².